The number of benzene rings is 2. The first-order chi connectivity index (χ1) is 18.2. The minimum Gasteiger partial charge on any atom is -0.327 e. The van der Waals surface area contributed by atoms with Gasteiger partial charge in [-0.3, -0.25) is 14.5 Å². The van der Waals surface area contributed by atoms with E-state index in [1.807, 2.05) is 0 Å². The highest BCUT2D eigenvalue weighted by Crippen LogP contribution is 2.33. The number of anilines is 2. The van der Waals surface area contributed by atoms with Crippen molar-refractivity contribution in [3.05, 3.63) is 88.3 Å². The summed E-state index contributed by atoms with van der Waals surface area (Å²) < 4.78 is 94.8. The van der Waals surface area contributed by atoms with Crippen molar-refractivity contribution >= 4 is 23.3 Å². The summed E-state index contributed by atoms with van der Waals surface area (Å²) in [5.41, 5.74) is 4.27. The van der Waals surface area contributed by atoms with Crippen LogP contribution < -0.4 is 16.0 Å². The molecule has 2 heterocycles. The fourth-order valence-electron chi connectivity index (χ4n) is 4.03. The lowest BCUT2D eigenvalue weighted by atomic mass is 10.0. The summed E-state index contributed by atoms with van der Waals surface area (Å²) in [6.07, 6.45) is -4.53. The Morgan fingerprint density at radius 1 is 1.03 bits per heavy atom. The lowest BCUT2D eigenvalue weighted by molar-refractivity contribution is -0.140. The SMILES string of the molecule is Cc1cc2n(n1)CC(C(=O)Nc1ccc(F)c(C(F)(F)F)c1)=CN2C(=O)C[C@H](N)Cc1cc(F)c(F)cc1F. The maximum atomic E-state index is 14.0. The van der Waals surface area contributed by atoms with Gasteiger partial charge in [0.25, 0.3) is 5.91 Å². The van der Waals surface area contributed by atoms with Gasteiger partial charge in [0, 0.05) is 36.5 Å². The number of nitrogens with two attached hydrogens (primary N) is 1. The summed E-state index contributed by atoms with van der Waals surface area (Å²) in [4.78, 5) is 27.1. The van der Waals surface area contributed by atoms with Crippen LogP contribution in [0.5, 0.6) is 0 Å². The quantitative estimate of drug-likeness (QED) is 0.344. The molecular formula is C25H20F7N5O2. The first-order valence-corrected chi connectivity index (χ1v) is 11.4. The second-order valence-electron chi connectivity index (χ2n) is 8.89. The van der Waals surface area contributed by atoms with Crippen LogP contribution in [0.15, 0.2) is 48.2 Å². The summed E-state index contributed by atoms with van der Waals surface area (Å²) in [6.45, 7) is 1.49. The van der Waals surface area contributed by atoms with Gasteiger partial charge in [0.2, 0.25) is 5.91 Å². The van der Waals surface area contributed by atoms with E-state index < -0.39 is 59.3 Å². The second-order valence-corrected chi connectivity index (χ2v) is 8.89. The van der Waals surface area contributed by atoms with E-state index in [1.165, 1.54) is 4.68 Å². The normalized spacial score (nSPS) is 14.1. The highest BCUT2D eigenvalue weighted by Gasteiger charge is 2.35. The zero-order chi connectivity index (χ0) is 28.6. The maximum absolute atomic E-state index is 14.0. The number of halogens is 7. The molecule has 1 aromatic heterocycles. The molecular weight excluding hydrogens is 535 g/mol. The van der Waals surface area contributed by atoms with E-state index in [4.69, 9.17) is 5.73 Å². The largest absolute Gasteiger partial charge is 0.419 e. The number of nitrogens with zero attached hydrogens (tertiary/aromatic N) is 3. The molecule has 0 bridgehead atoms. The molecule has 1 atom stereocenters. The summed E-state index contributed by atoms with van der Waals surface area (Å²) in [6, 6.07) is 3.50. The Kier molecular flexibility index (Phi) is 7.50. The molecule has 7 nitrogen and oxygen atoms in total. The summed E-state index contributed by atoms with van der Waals surface area (Å²) in [7, 11) is 0. The average molecular weight is 555 g/mol. The summed E-state index contributed by atoms with van der Waals surface area (Å²) >= 11 is 0. The zero-order valence-electron chi connectivity index (χ0n) is 20.1. The maximum Gasteiger partial charge on any atom is 0.419 e. The molecule has 0 aliphatic carbocycles. The Morgan fingerprint density at radius 2 is 1.72 bits per heavy atom. The van der Waals surface area contributed by atoms with Gasteiger partial charge in [-0.1, -0.05) is 0 Å². The monoisotopic (exact) mass is 555 g/mol. The van der Waals surface area contributed by atoms with Gasteiger partial charge >= 0.3 is 6.18 Å². The van der Waals surface area contributed by atoms with Crippen molar-refractivity contribution in [1.82, 2.24) is 9.78 Å². The van der Waals surface area contributed by atoms with Crippen LogP contribution in [-0.4, -0.2) is 27.6 Å². The molecule has 206 valence electrons. The highest BCUT2D eigenvalue weighted by atomic mass is 19.4. The molecule has 1 aliphatic heterocycles. The van der Waals surface area contributed by atoms with E-state index in [-0.39, 0.29) is 35.6 Å². The average Bonchev–Trinajstić information content (AvgIpc) is 3.22. The predicted molar refractivity (Wildman–Crippen MR) is 125 cm³/mol. The van der Waals surface area contributed by atoms with E-state index in [0.717, 1.165) is 17.2 Å². The zero-order valence-corrected chi connectivity index (χ0v) is 20.1. The van der Waals surface area contributed by atoms with Crippen LogP contribution >= 0.6 is 0 Å². The number of aryl methyl sites for hydroxylation is 1. The number of rotatable bonds is 6. The molecule has 0 fully saturated rings. The molecule has 1 aliphatic rings. The van der Waals surface area contributed by atoms with Gasteiger partial charge < -0.3 is 11.1 Å². The van der Waals surface area contributed by atoms with Gasteiger partial charge in [-0.15, -0.1) is 0 Å². The van der Waals surface area contributed by atoms with Crippen LogP contribution in [0.25, 0.3) is 0 Å². The van der Waals surface area contributed by atoms with Crippen molar-refractivity contribution in [3.8, 4) is 0 Å². The lowest BCUT2D eigenvalue weighted by Gasteiger charge is -2.27. The Bertz CT molecular complexity index is 1480. The number of hydrogen-bond acceptors (Lipinski definition) is 4. The predicted octanol–water partition coefficient (Wildman–Crippen LogP) is 4.60. The van der Waals surface area contributed by atoms with Gasteiger partial charge in [0.05, 0.1) is 23.4 Å². The number of carbonyl (C=O) groups is 2. The molecule has 2 amide bonds. The van der Waals surface area contributed by atoms with E-state index in [9.17, 15) is 40.3 Å². The van der Waals surface area contributed by atoms with E-state index >= 15 is 0 Å². The van der Waals surface area contributed by atoms with Gasteiger partial charge in [-0.25, -0.2) is 22.2 Å². The van der Waals surface area contributed by atoms with Crippen molar-refractivity contribution in [3.63, 3.8) is 0 Å². The van der Waals surface area contributed by atoms with Crippen LogP contribution in [0.2, 0.25) is 0 Å². The molecule has 2 aromatic carbocycles. The van der Waals surface area contributed by atoms with Crippen molar-refractivity contribution in [2.24, 2.45) is 5.73 Å². The topological polar surface area (TPSA) is 93.2 Å². The number of aromatic nitrogens is 2. The smallest absolute Gasteiger partial charge is 0.327 e. The Labute approximate surface area is 216 Å². The Balaban J connectivity index is 1.54. The molecule has 3 N–H and O–H groups in total. The highest BCUT2D eigenvalue weighted by molar-refractivity contribution is 6.06. The third kappa shape index (κ3) is 6.11. The standard InChI is InChI=1S/C25H20F7N5O2/c1-12-4-22-36(23(38)7-15(33)5-13-6-20(28)21(29)9-19(13)27)10-14(11-37(22)35-12)24(39)34-16-2-3-18(26)17(8-16)25(30,31)32/h2-4,6,8-10,15H,5,7,11,33H2,1H3,(H,34,39)/t15-/m1/s1. The molecule has 0 saturated carbocycles. The van der Waals surface area contributed by atoms with Gasteiger partial charge in [0.1, 0.15) is 17.5 Å². The molecule has 0 saturated heterocycles. The fourth-order valence-corrected chi connectivity index (χ4v) is 4.03. The Morgan fingerprint density at radius 3 is 2.41 bits per heavy atom. The Hall–Kier alpha value is -4.20. The third-order valence-electron chi connectivity index (χ3n) is 5.83. The number of carbonyl (C=O) groups excluding carboxylic acids is 2. The van der Waals surface area contributed by atoms with Crippen molar-refractivity contribution in [1.29, 1.82) is 0 Å². The minimum atomic E-state index is -4.99. The van der Waals surface area contributed by atoms with Crippen LogP contribution in [0.1, 0.15) is 23.2 Å². The first kappa shape index (κ1) is 27.8. The molecule has 0 unspecified atom stereocenters. The molecule has 0 spiro atoms. The number of alkyl halides is 3. The van der Waals surface area contributed by atoms with Gasteiger partial charge in [-0.2, -0.15) is 18.3 Å². The third-order valence-corrected chi connectivity index (χ3v) is 5.83. The number of nitrogens with one attached hydrogen (secondary N) is 1. The molecule has 4 rings (SSSR count). The first-order valence-electron chi connectivity index (χ1n) is 11.4. The number of amides is 2. The van der Waals surface area contributed by atoms with Crippen molar-refractivity contribution in [2.75, 3.05) is 10.2 Å². The van der Waals surface area contributed by atoms with Gasteiger partial charge in [-0.05, 0) is 43.2 Å². The number of fused-ring (bicyclic) bond motifs is 1. The molecule has 39 heavy (non-hydrogen) atoms. The number of hydrogen-bond donors (Lipinski definition) is 2. The van der Waals surface area contributed by atoms with Crippen LogP contribution in [0, 0.1) is 30.2 Å². The summed E-state index contributed by atoms with van der Waals surface area (Å²) in [5.74, 6) is -6.45. The van der Waals surface area contributed by atoms with E-state index in [1.54, 1.807) is 13.0 Å². The minimum absolute atomic E-state index is 0.0722. The van der Waals surface area contributed by atoms with Crippen LogP contribution in [0.4, 0.5) is 42.2 Å². The van der Waals surface area contributed by atoms with Crippen molar-refractivity contribution in [2.45, 2.75) is 38.5 Å². The summed E-state index contributed by atoms with van der Waals surface area (Å²) in [5, 5.41) is 6.46. The molecule has 0 radical (unpaired) electrons. The van der Waals surface area contributed by atoms with Gasteiger partial charge in [0.15, 0.2) is 11.6 Å². The van der Waals surface area contributed by atoms with Crippen molar-refractivity contribution < 1.29 is 40.3 Å². The second kappa shape index (κ2) is 10.5. The van der Waals surface area contributed by atoms with Crippen LogP contribution in [0.3, 0.4) is 0 Å². The van der Waals surface area contributed by atoms with E-state index in [2.05, 4.69) is 10.4 Å². The molecule has 14 heteroatoms. The van der Waals surface area contributed by atoms with Crippen LogP contribution in [-0.2, 0) is 28.7 Å². The van der Waals surface area contributed by atoms with E-state index in [0.29, 0.717) is 30.0 Å². The lowest BCUT2D eigenvalue weighted by Crippen LogP contribution is -2.38. The molecule has 3 aromatic rings. The fraction of sp³-hybridized carbons (Fsp3) is 0.240.